The van der Waals surface area contributed by atoms with E-state index in [1.54, 1.807) is 0 Å². The molecule has 17 heavy (non-hydrogen) atoms. The molecule has 4 heteroatoms. The van der Waals surface area contributed by atoms with Crippen molar-refractivity contribution in [1.82, 2.24) is 0 Å². The van der Waals surface area contributed by atoms with Crippen LogP contribution in [0.4, 0.5) is 5.69 Å². The smallest absolute Gasteiger partial charge is 0.331 e. The van der Waals surface area contributed by atoms with Gasteiger partial charge in [0.2, 0.25) is 0 Å². The van der Waals surface area contributed by atoms with Gasteiger partial charge in [0, 0.05) is 12.8 Å². The van der Waals surface area contributed by atoms with Gasteiger partial charge in [0.25, 0.3) is 0 Å². The average Bonchev–Trinajstić information content (AvgIpc) is 2.31. The van der Waals surface area contributed by atoms with Crippen LogP contribution in [0.3, 0.4) is 0 Å². The van der Waals surface area contributed by atoms with Crippen LogP contribution in [-0.2, 0) is 9.53 Å². The molecule has 2 N–H and O–H groups in total. The van der Waals surface area contributed by atoms with Gasteiger partial charge >= 0.3 is 5.97 Å². The SMILES string of the molecule is CCC(COC)(Nc1ccccc1C)C(=O)O. The summed E-state index contributed by atoms with van der Waals surface area (Å²) in [6.07, 6.45) is 0.449. The Kier molecular flexibility index (Phi) is 4.52. The number of aryl methyl sites for hydroxylation is 1. The summed E-state index contributed by atoms with van der Waals surface area (Å²) in [5, 5.41) is 12.5. The molecule has 0 heterocycles. The second kappa shape index (κ2) is 5.68. The minimum atomic E-state index is -1.07. The Morgan fingerprint density at radius 1 is 1.47 bits per heavy atom. The number of carboxylic acids is 1. The van der Waals surface area contributed by atoms with E-state index in [9.17, 15) is 9.90 Å². The summed E-state index contributed by atoms with van der Waals surface area (Å²) < 4.78 is 5.03. The van der Waals surface area contributed by atoms with Gasteiger partial charge in [-0.2, -0.15) is 0 Å². The molecule has 0 fully saturated rings. The van der Waals surface area contributed by atoms with Crippen LogP contribution in [0.25, 0.3) is 0 Å². The zero-order valence-corrected chi connectivity index (χ0v) is 10.5. The van der Waals surface area contributed by atoms with Gasteiger partial charge < -0.3 is 15.2 Å². The van der Waals surface area contributed by atoms with Crippen LogP contribution in [0.15, 0.2) is 24.3 Å². The molecule has 4 nitrogen and oxygen atoms in total. The monoisotopic (exact) mass is 237 g/mol. The number of carbonyl (C=O) groups is 1. The van der Waals surface area contributed by atoms with Crippen molar-refractivity contribution in [2.45, 2.75) is 25.8 Å². The van der Waals surface area contributed by atoms with E-state index in [0.717, 1.165) is 11.3 Å². The van der Waals surface area contributed by atoms with Crippen LogP contribution < -0.4 is 5.32 Å². The number of hydrogen-bond donors (Lipinski definition) is 2. The molecule has 0 aliphatic heterocycles. The summed E-state index contributed by atoms with van der Waals surface area (Å²) in [6, 6.07) is 7.62. The van der Waals surface area contributed by atoms with Gasteiger partial charge in [-0.15, -0.1) is 0 Å². The molecular weight excluding hydrogens is 218 g/mol. The predicted octanol–water partition coefficient (Wildman–Crippen LogP) is 2.29. The van der Waals surface area contributed by atoms with Gasteiger partial charge in [0.1, 0.15) is 0 Å². The molecule has 1 aromatic rings. The first kappa shape index (κ1) is 13.5. The van der Waals surface area contributed by atoms with Crippen LogP contribution in [0.2, 0.25) is 0 Å². The number of para-hydroxylation sites is 1. The number of anilines is 1. The fourth-order valence-corrected chi connectivity index (χ4v) is 1.71. The highest BCUT2D eigenvalue weighted by Crippen LogP contribution is 2.22. The van der Waals surface area contributed by atoms with Gasteiger partial charge in [-0.25, -0.2) is 4.79 Å². The zero-order chi connectivity index (χ0) is 12.9. The van der Waals surface area contributed by atoms with Crippen molar-refractivity contribution in [2.24, 2.45) is 0 Å². The van der Waals surface area contributed by atoms with Crippen LogP contribution in [0.5, 0.6) is 0 Å². The Balaban J connectivity index is 3.01. The number of hydrogen-bond acceptors (Lipinski definition) is 3. The first-order chi connectivity index (χ1) is 8.05. The van der Waals surface area contributed by atoms with Crippen molar-refractivity contribution in [3.05, 3.63) is 29.8 Å². The van der Waals surface area contributed by atoms with Crippen molar-refractivity contribution in [2.75, 3.05) is 19.0 Å². The van der Waals surface area contributed by atoms with Crippen molar-refractivity contribution in [3.8, 4) is 0 Å². The van der Waals surface area contributed by atoms with Gasteiger partial charge in [0.15, 0.2) is 5.54 Å². The van der Waals surface area contributed by atoms with Crippen molar-refractivity contribution in [3.63, 3.8) is 0 Å². The number of aliphatic carboxylic acids is 1. The Morgan fingerprint density at radius 3 is 2.59 bits per heavy atom. The lowest BCUT2D eigenvalue weighted by Gasteiger charge is -2.30. The highest BCUT2D eigenvalue weighted by molar-refractivity contribution is 5.83. The number of benzene rings is 1. The molecule has 1 rings (SSSR count). The molecule has 0 saturated carbocycles. The van der Waals surface area contributed by atoms with E-state index in [0.29, 0.717) is 6.42 Å². The van der Waals surface area contributed by atoms with Gasteiger partial charge in [-0.05, 0) is 25.0 Å². The van der Waals surface area contributed by atoms with E-state index < -0.39 is 11.5 Å². The summed E-state index contributed by atoms with van der Waals surface area (Å²) in [5.41, 5.74) is 0.775. The predicted molar refractivity (Wildman–Crippen MR) is 67.3 cm³/mol. The highest BCUT2D eigenvalue weighted by Gasteiger charge is 2.37. The maximum absolute atomic E-state index is 11.4. The normalized spacial score (nSPS) is 14.1. The number of nitrogens with one attached hydrogen (secondary N) is 1. The number of rotatable bonds is 6. The summed E-state index contributed by atoms with van der Waals surface area (Å²) in [4.78, 5) is 11.4. The minimum absolute atomic E-state index is 0.132. The van der Waals surface area contributed by atoms with Gasteiger partial charge in [0.05, 0.1) is 6.61 Å². The van der Waals surface area contributed by atoms with E-state index in [1.165, 1.54) is 7.11 Å². The first-order valence-corrected chi connectivity index (χ1v) is 5.62. The second-order valence-electron chi connectivity index (χ2n) is 4.11. The van der Waals surface area contributed by atoms with Gasteiger partial charge in [-0.3, -0.25) is 0 Å². The zero-order valence-electron chi connectivity index (χ0n) is 10.5. The van der Waals surface area contributed by atoms with E-state index in [2.05, 4.69) is 5.32 Å². The Hall–Kier alpha value is -1.55. The van der Waals surface area contributed by atoms with Crippen molar-refractivity contribution in [1.29, 1.82) is 0 Å². The molecule has 1 atom stereocenters. The standard InChI is InChI=1S/C13H19NO3/c1-4-13(9-17-3,12(15)16)14-11-8-6-5-7-10(11)2/h5-8,14H,4,9H2,1-3H3,(H,15,16). The van der Waals surface area contributed by atoms with Crippen LogP contribution in [-0.4, -0.2) is 30.3 Å². The fourth-order valence-electron chi connectivity index (χ4n) is 1.71. The van der Waals surface area contributed by atoms with Crippen molar-refractivity contribution < 1.29 is 14.6 Å². The van der Waals surface area contributed by atoms with Crippen LogP contribution in [0.1, 0.15) is 18.9 Å². The second-order valence-corrected chi connectivity index (χ2v) is 4.11. The van der Waals surface area contributed by atoms with E-state index in [1.807, 2.05) is 38.1 Å². The maximum atomic E-state index is 11.4. The summed E-state index contributed by atoms with van der Waals surface area (Å²) in [7, 11) is 1.51. The minimum Gasteiger partial charge on any atom is -0.479 e. The summed E-state index contributed by atoms with van der Waals surface area (Å²) in [6.45, 7) is 3.91. The summed E-state index contributed by atoms with van der Waals surface area (Å²) >= 11 is 0. The molecule has 1 unspecified atom stereocenters. The number of ether oxygens (including phenoxy) is 1. The number of methoxy groups -OCH3 is 1. The third-order valence-corrected chi connectivity index (χ3v) is 2.92. The summed E-state index contributed by atoms with van der Waals surface area (Å²) in [5.74, 6) is -0.898. The van der Waals surface area contributed by atoms with E-state index >= 15 is 0 Å². The van der Waals surface area contributed by atoms with Gasteiger partial charge in [-0.1, -0.05) is 25.1 Å². The molecule has 0 saturated heterocycles. The molecule has 0 amide bonds. The molecule has 0 aliphatic rings. The molecule has 0 aromatic heterocycles. The number of carboxylic acid groups (broad SMARTS) is 1. The average molecular weight is 237 g/mol. The molecule has 1 aromatic carbocycles. The molecule has 0 spiro atoms. The third-order valence-electron chi connectivity index (χ3n) is 2.92. The molecular formula is C13H19NO3. The van der Waals surface area contributed by atoms with Crippen molar-refractivity contribution >= 4 is 11.7 Å². The lowest BCUT2D eigenvalue weighted by atomic mass is 9.96. The quantitative estimate of drug-likeness (QED) is 0.797. The molecule has 0 aliphatic carbocycles. The van der Waals surface area contributed by atoms with Crippen LogP contribution >= 0.6 is 0 Å². The topological polar surface area (TPSA) is 58.6 Å². The third kappa shape index (κ3) is 2.97. The Labute approximate surface area is 102 Å². The largest absolute Gasteiger partial charge is 0.479 e. The fraction of sp³-hybridized carbons (Fsp3) is 0.462. The van der Waals surface area contributed by atoms with E-state index in [4.69, 9.17) is 4.74 Å². The molecule has 94 valence electrons. The molecule has 0 bridgehead atoms. The Bertz CT molecular complexity index is 392. The van der Waals surface area contributed by atoms with Crippen LogP contribution in [0, 0.1) is 6.92 Å². The van der Waals surface area contributed by atoms with E-state index in [-0.39, 0.29) is 6.61 Å². The molecule has 0 radical (unpaired) electrons. The maximum Gasteiger partial charge on any atom is 0.331 e. The lowest BCUT2D eigenvalue weighted by Crippen LogP contribution is -2.49. The lowest BCUT2D eigenvalue weighted by molar-refractivity contribution is -0.144. The first-order valence-electron chi connectivity index (χ1n) is 5.62. The Morgan fingerprint density at radius 2 is 2.12 bits per heavy atom. The highest BCUT2D eigenvalue weighted by atomic mass is 16.5.